The third-order valence-electron chi connectivity index (χ3n) is 3.15. The van der Waals surface area contributed by atoms with Crippen LogP contribution in [-0.4, -0.2) is 38.2 Å². The predicted molar refractivity (Wildman–Crippen MR) is 88.1 cm³/mol. The van der Waals surface area contributed by atoms with Crippen LogP contribution in [-0.2, 0) is 14.8 Å². The van der Waals surface area contributed by atoms with E-state index < -0.39 is 16.0 Å². The zero-order valence-electron chi connectivity index (χ0n) is 13.3. The molecule has 1 rings (SSSR count). The van der Waals surface area contributed by atoms with E-state index in [0.717, 1.165) is 18.2 Å². The highest BCUT2D eigenvalue weighted by Crippen LogP contribution is 2.18. The number of nitrogens with one attached hydrogen (secondary N) is 2. The van der Waals surface area contributed by atoms with Gasteiger partial charge in [-0.05, 0) is 37.5 Å². The summed E-state index contributed by atoms with van der Waals surface area (Å²) < 4.78 is 25.0. The molecule has 0 saturated heterocycles. The Kier molecular flexibility index (Phi) is 7.02. The molecule has 0 unspecified atom stereocenters. The van der Waals surface area contributed by atoms with Crippen molar-refractivity contribution in [3.63, 3.8) is 0 Å². The number of carboxylic acid groups (broad SMARTS) is 1. The van der Waals surface area contributed by atoms with Gasteiger partial charge in [0.2, 0.25) is 10.0 Å². The number of unbranched alkanes of at least 4 members (excludes halogenated alkanes) is 2. The Morgan fingerprint density at radius 2 is 1.87 bits per heavy atom. The highest BCUT2D eigenvalue weighted by atomic mass is 32.2. The van der Waals surface area contributed by atoms with Gasteiger partial charge in [-0.1, -0.05) is 12.5 Å². The van der Waals surface area contributed by atoms with E-state index in [9.17, 15) is 18.0 Å². The number of hydrogen-bond donors (Lipinski definition) is 3. The number of amides is 1. The van der Waals surface area contributed by atoms with Crippen molar-refractivity contribution in [1.29, 1.82) is 0 Å². The number of hydrogen-bond acceptors (Lipinski definition) is 4. The first-order valence-corrected chi connectivity index (χ1v) is 9.16. The Morgan fingerprint density at radius 1 is 1.17 bits per heavy atom. The summed E-state index contributed by atoms with van der Waals surface area (Å²) in [6.45, 7) is 2.19. The maximum atomic E-state index is 12.0. The molecule has 0 aromatic heterocycles. The molecule has 7 nitrogen and oxygen atoms in total. The van der Waals surface area contributed by atoms with Gasteiger partial charge in [0.25, 0.3) is 5.91 Å². The normalized spacial score (nSPS) is 11.0. The van der Waals surface area contributed by atoms with Crippen molar-refractivity contribution in [2.75, 3.05) is 17.5 Å². The fraction of sp³-hybridized carbons (Fsp3) is 0.467. The third kappa shape index (κ3) is 7.64. The molecular formula is C15H22N2O5S. The molecule has 0 aliphatic rings. The van der Waals surface area contributed by atoms with Crippen molar-refractivity contribution in [3.05, 3.63) is 29.3 Å². The van der Waals surface area contributed by atoms with Crippen LogP contribution in [0.3, 0.4) is 0 Å². The van der Waals surface area contributed by atoms with E-state index in [1.807, 2.05) is 0 Å². The van der Waals surface area contributed by atoms with Gasteiger partial charge < -0.3 is 10.4 Å². The molecule has 0 radical (unpaired) electrons. The first-order chi connectivity index (χ1) is 10.7. The van der Waals surface area contributed by atoms with Crippen LogP contribution in [0.5, 0.6) is 0 Å². The Hall–Kier alpha value is -2.09. The summed E-state index contributed by atoms with van der Waals surface area (Å²) in [4.78, 5) is 22.4. The van der Waals surface area contributed by atoms with Crippen LogP contribution in [0.4, 0.5) is 5.69 Å². The fourth-order valence-electron chi connectivity index (χ4n) is 1.95. The molecule has 0 bridgehead atoms. The van der Waals surface area contributed by atoms with Crippen LogP contribution in [0.2, 0.25) is 0 Å². The maximum absolute atomic E-state index is 12.0. The standard InChI is InChI=1S/C15H22N2O5S/c1-11-7-8-12(10-13(11)17-23(2,21)22)15(20)16-9-5-3-4-6-14(18)19/h7-8,10,17H,3-6,9H2,1-2H3,(H,16,20)(H,18,19). The zero-order chi connectivity index (χ0) is 17.5. The largest absolute Gasteiger partial charge is 0.481 e. The van der Waals surface area contributed by atoms with E-state index in [0.29, 0.717) is 30.6 Å². The quantitative estimate of drug-likeness (QED) is 0.592. The lowest BCUT2D eigenvalue weighted by Gasteiger charge is -2.10. The molecule has 0 heterocycles. The molecule has 0 aliphatic heterocycles. The van der Waals surface area contributed by atoms with Gasteiger partial charge in [0.1, 0.15) is 0 Å². The van der Waals surface area contributed by atoms with Crippen LogP contribution < -0.4 is 10.0 Å². The molecule has 3 N–H and O–H groups in total. The number of sulfonamides is 1. The number of rotatable bonds is 9. The Bertz CT molecular complexity index is 670. The lowest BCUT2D eigenvalue weighted by molar-refractivity contribution is -0.137. The Balaban J connectivity index is 2.53. The van der Waals surface area contributed by atoms with Crippen molar-refractivity contribution >= 4 is 27.6 Å². The SMILES string of the molecule is Cc1ccc(C(=O)NCCCCCC(=O)O)cc1NS(C)(=O)=O. The van der Waals surface area contributed by atoms with Crippen molar-refractivity contribution in [2.24, 2.45) is 0 Å². The molecule has 0 atom stereocenters. The summed E-state index contributed by atoms with van der Waals surface area (Å²) in [5.74, 6) is -1.11. The molecule has 1 aromatic rings. The number of aryl methyl sites for hydroxylation is 1. The van der Waals surface area contributed by atoms with Gasteiger partial charge in [-0.2, -0.15) is 0 Å². The lowest BCUT2D eigenvalue weighted by Crippen LogP contribution is -2.24. The third-order valence-corrected chi connectivity index (χ3v) is 3.74. The summed E-state index contributed by atoms with van der Waals surface area (Å²) in [5, 5.41) is 11.3. The summed E-state index contributed by atoms with van der Waals surface area (Å²) in [7, 11) is -3.41. The van der Waals surface area contributed by atoms with Gasteiger partial charge in [0, 0.05) is 18.5 Å². The summed E-state index contributed by atoms with van der Waals surface area (Å²) in [5.41, 5.74) is 1.47. The van der Waals surface area contributed by atoms with Crippen molar-refractivity contribution < 1.29 is 23.1 Å². The van der Waals surface area contributed by atoms with Crippen molar-refractivity contribution in [2.45, 2.75) is 32.6 Å². The lowest BCUT2D eigenvalue weighted by atomic mass is 10.1. The number of benzene rings is 1. The number of aliphatic carboxylic acids is 1. The molecule has 8 heteroatoms. The van der Waals surface area contributed by atoms with E-state index in [2.05, 4.69) is 10.0 Å². The highest BCUT2D eigenvalue weighted by Gasteiger charge is 2.10. The van der Waals surface area contributed by atoms with E-state index in [1.54, 1.807) is 19.1 Å². The predicted octanol–water partition coefficient (Wildman–Crippen LogP) is 1.74. The van der Waals surface area contributed by atoms with Gasteiger partial charge in [-0.25, -0.2) is 8.42 Å². The minimum atomic E-state index is -3.41. The molecule has 0 fully saturated rings. The maximum Gasteiger partial charge on any atom is 0.303 e. The summed E-state index contributed by atoms with van der Waals surface area (Å²) >= 11 is 0. The van der Waals surface area contributed by atoms with E-state index in [4.69, 9.17) is 5.11 Å². The summed E-state index contributed by atoms with van der Waals surface area (Å²) in [6, 6.07) is 4.80. The molecule has 128 valence electrons. The van der Waals surface area contributed by atoms with E-state index in [-0.39, 0.29) is 12.3 Å². The minimum Gasteiger partial charge on any atom is -0.481 e. The van der Waals surface area contributed by atoms with Gasteiger partial charge >= 0.3 is 5.97 Å². The van der Waals surface area contributed by atoms with Crippen molar-refractivity contribution in [1.82, 2.24) is 5.32 Å². The van der Waals surface area contributed by atoms with Crippen LogP contribution >= 0.6 is 0 Å². The zero-order valence-corrected chi connectivity index (χ0v) is 14.1. The Morgan fingerprint density at radius 3 is 2.48 bits per heavy atom. The van der Waals surface area contributed by atoms with Crippen LogP contribution in [0, 0.1) is 6.92 Å². The highest BCUT2D eigenvalue weighted by molar-refractivity contribution is 7.92. The van der Waals surface area contributed by atoms with Gasteiger partial charge in [-0.3, -0.25) is 14.3 Å². The minimum absolute atomic E-state index is 0.131. The average molecular weight is 342 g/mol. The molecule has 0 spiro atoms. The monoisotopic (exact) mass is 342 g/mol. The average Bonchev–Trinajstić information content (AvgIpc) is 2.43. The second-order valence-electron chi connectivity index (χ2n) is 5.36. The smallest absolute Gasteiger partial charge is 0.303 e. The van der Waals surface area contributed by atoms with E-state index in [1.165, 1.54) is 6.07 Å². The van der Waals surface area contributed by atoms with Gasteiger partial charge in [0.05, 0.1) is 11.9 Å². The molecule has 0 aliphatic carbocycles. The molecular weight excluding hydrogens is 320 g/mol. The first-order valence-electron chi connectivity index (χ1n) is 7.27. The number of carboxylic acids is 1. The fourth-order valence-corrected chi connectivity index (χ4v) is 2.57. The van der Waals surface area contributed by atoms with Crippen LogP contribution in [0.1, 0.15) is 41.6 Å². The molecule has 23 heavy (non-hydrogen) atoms. The molecule has 0 saturated carbocycles. The molecule has 1 aromatic carbocycles. The second kappa shape index (κ2) is 8.52. The number of anilines is 1. The second-order valence-corrected chi connectivity index (χ2v) is 7.11. The number of carbonyl (C=O) groups is 2. The topological polar surface area (TPSA) is 113 Å². The summed E-state index contributed by atoms with van der Waals surface area (Å²) in [6.07, 6.45) is 3.18. The Labute approximate surface area is 136 Å². The van der Waals surface area contributed by atoms with E-state index >= 15 is 0 Å². The number of carbonyl (C=O) groups excluding carboxylic acids is 1. The van der Waals surface area contributed by atoms with Crippen LogP contribution in [0.25, 0.3) is 0 Å². The van der Waals surface area contributed by atoms with Crippen molar-refractivity contribution in [3.8, 4) is 0 Å². The van der Waals surface area contributed by atoms with Gasteiger partial charge in [0.15, 0.2) is 0 Å². The van der Waals surface area contributed by atoms with Crippen LogP contribution in [0.15, 0.2) is 18.2 Å². The molecule has 1 amide bonds. The first kappa shape index (κ1) is 19.0. The van der Waals surface area contributed by atoms with Gasteiger partial charge in [-0.15, -0.1) is 0 Å².